The van der Waals surface area contributed by atoms with Gasteiger partial charge in [0.25, 0.3) is 0 Å². The summed E-state index contributed by atoms with van der Waals surface area (Å²) >= 11 is 0. The van der Waals surface area contributed by atoms with Crippen molar-refractivity contribution in [3.8, 4) is 0 Å². The summed E-state index contributed by atoms with van der Waals surface area (Å²) in [7, 11) is 3.47. The molecule has 2 N–H and O–H groups in total. The average Bonchev–Trinajstić information content (AvgIpc) is 2.47. The third kappa shape index (κ3) is 3.92. The van der Waals surface area contributed by atoms with Crippen molar-refractivity contribution in [3.05, 3.63) is 41.7 Å². The highest BCUT2D eigenvalue weighted by Gasteiger charge is 2.08. The molecule has 0 aliphatic carbocycles. The average molecular weight is 286 g/mol. The van der Waals surface area contributed by atoms with Crippen LogP contribution in [0.25, 0.3) is 0 Å². The maximum absolute atomic E-state index is 5.11. The van der Waals surface area contributed by atoms with Crippen LogP contribution in [0.2, 0.25) is 0 Å². The molecule has 2 aromatic rings. The highest BCUT2D eigenvalue weighted by atomic mass is 16.5. The van der Waals surface area contributed by atoms with Crippen LogP contribution >= 0.6 is 0 Å². The molecule has 21 heavy (non-hydrogen) atoms. The highest BCUT2D eigenvalue weighted by molar-refractivity contribution is 5.63. The summed E-state index contributed by atoms with van der Waals surface area (Å²) in [5.41, 5.74) is 2.33. The van der Waals surface area contributed by atoms with Crippen molar-refractivity contribution in [3.63, 3.8) is 0 Å². The van der Waals surface area contributed by atoms with Crippen molar-refractivity contribution in [2.75, 3.05) is 24.8 Å². The fourth-order valence-corrected chi connectivity index (χ4v) is 2.14. The van der Waals surface area contributed by atoms with Gasteiger partial charge in [-0.15, -0.1) is 0 Å². The normalized spacial score (nSPS) is 10.7. The Hall–Kier alpha value is -2.14. The highest BCUT2D eigenvalue weighted by Crippen LogP contribution is 2.26. The topological polar surface area (TPSA) is 59.1 Å². The maximum atomic E-state index is 5.11. The van der Waals surface area contributed by atoms with Gasteiger partial charge in [-0.3, -0.25) is 0 Å². The molecule has 112 valence electrons. The summed E-state index contributed by atoms with van der Waals surface area (Å²) in [6, 6.07) is 10.1. The summed E-state index contributed by atoms with van der Waals surface area (Å²) in [6.45, 7) is 4.74. The standard InChI is InChI=1S/C16H22N4O/c1-11(2)12-7-5-6-8-13(12)18-15-9-14(17-3)19-16(20-15)10-21-4/h5-9,11H,10H2,1-4H3,(H2,17,18,19,20). The second-order valence-corrected chi connectivity index (χ2v) is 5.10. The number of nitrogens with one attached hydrogen (secondary N) is 2. The Balaban J connectivity index is 2.32. The van der Waals surface area contributed by atoms with Crippen LogP contribution in [-0.4, -0.2) is 24.1 Å². The quantitative estimate of drug-likeness (QED) is 0.850. The number of benzene rings is 1. The van der Waals surface area contributed by atoms with Gasteiger partial charge in [0.05, 0.1) is 0 Å². The van der Waals surface area contributed by atoms with E-state index in [1.165, 1.54) is 5.56 Å². The first-order chi connectivity index (χ1) is 10.1. The van der Waals surface area contributed by atoms with E-state index >= 15 is 0 Å². The zero-order valence-corrected chi connectivity index (χ0v) is 13.0. The van der Waals surface area contributed by atoms with Crippen LogP contribution in [-0.2, 0) is 11.3 Å². The van der Waals surface area contributed by atoms with Gasteiger partial charge in [0.15, 0.2) is 5.82 Å². The van der Waals surface area contributed by atoms with Crippen molar-refractivity contribution in [1.82, 2.24) is 9.97 Å². The predicted octanol–water partition coefficient (Wildman–Crippen LogP) is 3.53. The summed E-state index contributed by atoms with van der Waals surface area (Å²) < 4.78 is 5.11. The summed E-state index contributed by atoms with van der Waals surface area (Å²) in [4.78, 5) is 8.83. The number of anilines is 3. The first-order valence-electron chi connectivity index (χ1n) is 7.04. The zero-order chi connectivity index (χ0) is 15.2. The number of methoxy groups -OCH3 is 1. The minimum absolute atomic E-state index is 0.385. The second-order valence-electron chi connectivity index (χ2n) is 5.10. The Labute approximate surface area is 125 Å². The fourth-order valence-electron chi connectivity index (χ4n) is 2.14. The summed E-state index contributed by atoms with van der Waals surface area (Å²) in [6.07, 6.45) is 0. The summed E-state index contributed by atoms with van der Waals surface area (Å²) in [5.74, 6) is 2.61. The summed E-state index contributed by atoms with van der Waals surface area (Å²) in [5, 5.41) is 6.42. The molecule has 1 aromatic carbocycles. The third-order valence-electron chi connectivity index (χ3n) is 3.15. The van der Waals surface area contributed by atoms with Gasteiger partial charge in [0.1, 0.15) is 18.2 Å². The van der Waals surface area contributed by atoms with Crippen LogP contribution in [0.4, 0.5) is 17.3 Å². The lowest BCUT2D eigenvalue weighted by molar-refractivity contribution is 0.178. The monoisotopic (exact) mass is 286 g/mol. The number of hydrogen-bond acceptors (Lipinski definition) is 5. The minimum atomic E-state index is 0.385. The van der Waals surface area contributed by atoms with Crippen LogP contribution in [0.1, 0.15) is 31.2 Å². The molecule has 0 aliphatic heterocycles. The number of hydrogen-bond donors (Lipinski definition) is 2. The number of aromatic nitrogens is 2. The lowest BCUT2D eigenvalue weighted by Crippen LogP contribution is -2.06. The van der Waals surface area contributed by atoms with Gasteiger partial charge in [-0.05, 0) is 17.5 Å². The van der Waals surface area contributed by atoms with Gasteiger partial charge >= 0.3 is 0 Å². The number of para-hydroxylation sites is 1. The van der Waals surface area contributed by atoms with Gasteiger partial charge in [-0.25, -0.2) is 9.97 Å². The number of ether oxygens (including phenoxy) is 1. The van der Waals surface area contributed by atoms with E-state index in [9.17, 15) is 0 Å². The van der Waals surface area contributed by atoms with Crippen molar-refractivity contribution in [1.29, 1.82) is 0 Å². The first kappa shape index (κ1) is 15.3. The molecule has 0 saturated heterocycles. The Morgan fingerprint density at radius 2 is 1.86 bits per heavy atom. The van der Waals surface area contributed by atoms with E-state index in [2.05, 4.69) is 52.6 Å². The maximum Gasteiger partial charge on any atom is 0.158 e. The van der Waals surface area contributed by atoms with E-state index in [0.717, 1.165) is 17.3 Å². The van der Waals surface area contributed by atoms with Crippen LogP contribution in [0.5, 0.6) is 0 Å². The first-order valence-corrected chi connectivity index (χ1v) is 7.04. The molecule has 0 amide bonds. The molecule has 5 nitrogen and oxygen atoms in total. The van der Waals surface area contributed by atoms with Crippen molar-refractivity contribution >= 4 is 17.3 Å². The van der Waals surface area contributed by atoms with Gasteiger partial charge < -0.3 is 15.4 Å². The molecule has 1 heterocycles. The molecule has 5 heteroatoms. The third-order valence-corrected chi connectivity index (χ3v) is 3.15. The Morgan fingerprint density at radius 3 is 2.52 bits per heavy atom. The lowest BCUT2D eigenvalue weighted by Gasteiger charge is -2.15. The van der Waals surface area contributed by atoms with Gasteiger partial charge in [-0.2, -0.15) is 0 Å². The number of rotatable bonds is 6. The van der Waals surface area contributed by atoms with Crippen molar-refractivity contribution in [2.45, 2.75) is 26.4 Å². The predicted molar refractivity (Wildman–Crippen MR) is 86.1 cm³/mol. The van der Waals surface area contributed by atoms with Gasteiger partial charge in [-0.1, -0.05) is 32.0 Å². The van der Waals surface area contributed by atoms with Gasteiger partial charge in [0.2, 0.25) is 0 Å². The zero-order valence-electron chi connectivity index (χ0n) is 13.0. The van der Waals surface area contributed by atoms with E-state index in [1.54, 1.807) is 7.11 Å². The van der Waals surface area contributed by atoms with Crippen LogP contribution < -0.4 is 10.6 Å². The molecule has 0 bridgehead atoms. The SMILES string of the molecule is CNc1cc(Nc2ccccc2C(C)C)nc(COC)n1. The second kappa shape index (κ2) is 7.04. The molecular formula is C16H22N4O. The van der Waals surface area contributed by atoms with Gasteiger partial charge in [0, 0.05) is 25.9 Å². The molecule has 0 unspecified atom stereocenters. The lowest BCUT2D eigenvalue weighted by atomic mass is 10.0. The molecule has 1 aromatic heterocycles. The molecule has 0 atom stereocenters. The Morgan fingerprint density at radius 1 is 1.14 bits per heavy atom. The minimum Gasteiger partial charge on any atom is -0.377 e. The Kier molecular flexibility index (Phi) is 5.11. The van der Waals surface area contributed by atoms with E-state index < -0.39 is 0 Å². The Bertz CT molecular complexity index is 599. The van der Waals surface area contributed by atoms with E-state index in [4.69, 9.17) is 4.74 Å². The molecule has 0 aliphatic rings. The molecule has 0 fully saturated rings. The molecule has 0 spiro atoms. The molecule has 0 radical (unpaired) electrons. The van der Waals surface area contributed by atoms with Crippen LogP contribution in [0.3, 0.4) is 0 Å². The van der Waals surface area contributed by atoms with Crippen molar-refractivity contribution < 1.29 is 4.74 Å². The van der Waals surface area contributed by atoms with Crippen LogP contribution in [0.15, 0.2) is 30.3 Å². The number of nitrogens with zero attached hydrogens (tertiary/aromatic N) is 2. The van der Waals surface area contributed by atoms with E-state index in [1.807, 2.05) is 19.2 Å². The fraction of sp³-hybridized carbons (Fsp3) is 0.375. The van der Waals surface area contributed by atoms with E-state index in [-0.39, 0.29) is 0 Å². The molecular weight excluding hydrogens is 264 g/mol. The molecule has 2 rings (SSSR count). The van der Waals surface area contributed by atoms with E-state index in [0.29, 0.717) is 18.3 Å². The van der Waals surface area contributed by atoms with Crippen LogP contribution in [0, 0.1) is 0 Å². The molecule has 0 saturated carbocycles. The smallest absolute Gasteiger partial charge is 0.158 e. The van der Waals surface area contributed by atoms with Crippen molar-refractivity contribution in [2.24, 2.45) is 0 Å². The largest absolute Gasteiger partial charge is 0.377 e.